The van der Waals surface area contributed by atoms with Crippen molar-refractivity contribution in [2.24, 2.45) is 0 Å². The Bertz CT molecular complexity index is 695. The van der Waals surface area contributed by atoms with E-state index in [-0.39, 0.29) is 30.6 Å². The molecule has 0 amide bonds. The second kappa shape index (κ2) is 7.86. The molecule has 1 aromatic heterocycles. The molecule has 0 fully saturated rings. The first-order chi connectivity index (χ1) is 11.8. The van der Waals surface area contributed by atoms with E-state index in [1.807, 2.05) is 0 Å². The largest absolute Gasteiger partial charge is 0.491 e. The number of benzene rings is 1. The van der Waals surface area contributed by atoms with Gasteiger partial charge >= 0.3 is 12.2 Å². The Kier molecular flexibility index (Phi) is 5.84. The number of ether oxygens (including phenoxy) is 2. The fraction of sp³-hybridized carbons (Fsp3) is 0.400. The highest BCUT2D eigenvalue weighted by Gasteiger charge is 2.30. The summed E-state index contributed by atoms with van der Waals surface area (Å²) in [4.78, 5) is 11.8. The van der Waals surface area contributed by atoms with Gasteiger partial charge < -0.3 is 20.5 Å². The van der Waals surface area contributed by atoms with Gasteiger partial charge in [0.25, 0.3) is 0 Å². The first-order valence-corrected chi connectivity index (χ1v) is 7.49. The third-order valence-electron chi connectivity index (χ3n) is 2.96. The van der Waals surface area contributed by atoms with Gasteiger partial charge in [0, 0.05) is 0 Å². The standard InChI is InChI=1S/C15H18F3N5O2/c1-3-24-14-22-12(19)21-13(23-14)20-9(2)8-25-11-6-4-10(5-7-11)15(16,17)18/h4-7,9H,3,8H2,1-2H3,(H3,19,20,21,22,23). The molecule has 1 aromatic carbocycles. The van der Waals surface area contributed by atoms with Gasteiger partial charge in [-0.2, -0.15) is 28.1 Å². The second-order valence-electron chi connectivity index (χ2n) is 5.11. The van der Waals surface area contributed by atoms with Crippen molar-refractivity contribution in [1.29, 1.82) is 0 Å². The van der Waals surface area contributed by atoms with Gasteiger partial charge in [-0.05, 0) is 38.1 Å². The summed E-state index contributed by atoms with van der Waals surface area (Å²) in [7, 11) is 0. The molecule has 1 unspecified atom stereocenters. The lowest BCUT2D eigenvalue weighted by Crippen LogP contribution is -2.25. The summed E-state index contributed by atoms with van der Waals surface area (Å²) in [6.45, 7) is 4.15. The Morgan fingerprint density at radius 3 is 2.40 bits per heavy atom. The van der Waals surface area contributed by atoms with Crippen LogP contribution in [-0.4, -0.2) is 34.2 Å². The zero-order valence-electron chi connectivity index (χ0n) is 13.7. The zero-order valence-corrected chi connectivity index (χ0v) is 13.7. The Labute approximate surface area is 142 Å². The number of hydrogen-bond acceptors (Lipinski definition) is 7. The highest BCUT2D eigenvalue weighted by Crippen LogP contribution is 2.30. The van der Waals surface area contributed by atoms with Crippen molar-refractivity contribution < 1.29 is 22.6 Å². The van der Waals surface area contributed by atoms with E-state index in [0.29, 0.717) is 12.4 Å². The number of nitrogens with one attached hydrogen (secondary N) is 1. The van der Waals surface area contributed by atoms with Gasteiger partial charge in [0.15, 0.2) is 0 Å². The van der Waals surface area contributed by atoms with Crippen LogP contribution in [0.15, 0.2) is 24.3 Å². The van der Waals surface area contributed by atoms with E-state index in [0.717, 1.165) is 12.1 Å². The Morgan fingerprint density at radius 1 is 1.12 bits per heavy atom. The molecule has 7 nitrogen and oxygen atoms in total. The SMILES string of the molecule is CCOc1nc(N)nc(NC(C)COc2ccc(C(F)(F)F)cc2)n1. The average Bonchev–Trinajstić information content (AvgIpc) is 2.52. The lowest BCUT2D eigenvalue weighted by atomic mass is 10.2. The Balaban J connectivity index is 1.91. The third kappa shape index (κ3) is 5.66. The van der Waals surface area contributed by atoms with E-state index in [1.54, 1.807) is 13.8 Å². The Morgan fingerprint density at radius 2 is 1.80 bits per heavy atom. The number of aromatic nitrogens is 3. The van der Waals surface area contributed by atoms with Crippen LogP contribution in [0.25, 0.3) is 0 Å². The molecular formula is C15H18F3N5O2. The fourth-order valence-corrected chi connectivity index (χ4v) is 1.85. The summed E-state index contributed by atoms with van der Waals surface area (Å²) in [5.41, 5.74) is 4.85. The predicted octanol–water partition coefficient (Wildman–Crippen LogP) is 2.75. The lowest BCUT2D eigenvalue weighted by molar-refractivity contribution is -0.137. The van der Waals surface area contributed by atoms with E-state index < -0.39 is 11.7 Å². The van der Waals surface area contributed by atoms with E-state index in [2.05, 4.69) is 20.3 Å². The van der Waals surface area contributed by atoms with Gasteiger partial charge in [0.05, 0.1) is 18.2 Å². The monoisotopic (exact) mass is 357 g/mol. The number of nitrogen functional groups attached to an aromatic ring is 1. The summed E-state index contributed by atoms with van der Waals surface area (Å²) in [5.74, 6) is 0.558. The van der Waals surface area contributed by atoms with Gasteiger partial charge in [-0.15, -0.1) is 0 Å². The molecule has 0 aliphatic rings. The maximum atomic E-state index is 12.5. The van der Waals surface area contributed by atoms with Gasteiger partial charge in [-0.1, -0.05) is 0 Å². The van der Waals surface area contributed by atoms with Crippen LogP contribution >= 0.6 is 0 Å². The van der Waals surface area contributed by atoms with Crippen LogP contribution < -0.4 is 20.5 Å². The van der Waals surface area contributed by atoms with Crippen molar-refractivity contribution >= 4 is 11.9 Å². The average molecular weight is 357 g/mol. The van der Waals surface area contributed by atoms with Gasteiger partial charge in [-0.25, -0.2) is 0 Å². The smallest absolute Gasteiger partial charge is 0.416 e. The Hall–Kier alpha value is -2.78. The molecular weight excluding hydrogens is 339 g/mol. The summed E-state index contributed by atoms with van der Waals surface area (Å²) in [5, 5.41) is 2.96. The number of rotatable bonds is 7. The van der Waals surface area contributed by atoms with Crippen molar-refractivity contribution in [1.82, 2.24) is 15.0 Å². The van der Waals surface area contributed by atoms with Crippen LogP contribution in [0.5, 0.6) is 11.8 Å². The van der Waals surface area contributed by atoms with Crippen molar-refractivity contribution in [2.45, 2.75) is 26.1 Å². The zero-order chi connectivity index (χ0) is 18.4. The van der Waals surface area contributed by atoms with Crippen molar-refractivity contribution in [2.75, 3.05) is 24.3 Å². The normalized spacial score (nSPS) is 12.5. The number of halogens is 3. The third-order valence-corrected chi connectivity index (χ3v) is 2.96. The van der Waals surface area contributed by atoms with Crippen molar-refractivity contribution in [3.63, 3.8) is 0 Å². The first kappa shape index (κ1) is 18.6. The van der Waals surface area contributed by atoms with Crippen LogP contribution in [0.1, 0.15) is 19.4 Å². The highest BCUT2D eigenvalue weighted by molar-refractivity contribution is 5.33. The van der Waals surface area contributed by atoms with E-state index in [9.17, 15) is 13.2 Å². The molecule has 0 aliphatic heterocycles. The topological polar surface area (TPSA) is 95.2 Å². The summed E-state index contributed by atoms with van der Waals surface area (Å²) in [6, 6.07) is 4.34. The highest BCUT2D eigenvalue weighted by atomic mass is 19.4. The maximum absolute atomic E-state index is 12.5. The van der Waals surface area contributed by atoms with Crippen LogP contribution in [0.4, 0.5) is 25.1 Å². The first-order valence-electron chi connectivity index (χ1n) is 7.49. The van der Waals surface area contributed by atoms with Crippen molar-refractivity contribution in [3.05, 3.63) is 29.8 Å². The van der Waals surface area contributed by atoms with E-state index in [4.69, 9.17) is 15.2 Å². The molecule has 0 bridgehead atoms. The summed E-state index contributed by atoms with van der Waals surface area (Å²) in [6.07, 6.45) is -4.37. The second-order valence-corrected chi connectivity index (χ2v) is 5.11. The number of anilines is 2. The minimum atomic E-state index is -4.37. The lowest BCUT2D eigenvalue weighted by Gasteiger charge is -2.16. The van der Waals surface area contributed by atoms with Crippen LogP contribution in [0, 0.1) is 0 Å². The molecule has 0 saturated heterocycles. The minimum absolute atomic E-state index is 0.0109. The fourth-order valence-electron chi connectivity index (χ4n) is 1.85. The molecule has 25 heavy (non-hydrogen) atoms. The number of hydrogen-bond donors (Lipinski definition) is 2. The van der Waals surface area contributed by atoms with E-state index >= 15 is 0 Å². The van der Waals surface area contributed by atoms with Gasteiger partial charge in [0.2, 0.25) is 11.9 Å². The van der Waals surface area contributed by atoms with Crippen LogP contribution in [0.2, 0.25) is 0 Å². The quantitative estimate of drug-likeness (QED) is 0.787. The van der Waals surface area contributed by atoms with Crippen LogP contribution in [-0.2, 0) is 6.18 Å². The van der Waals surface area contributed by atoms with E-state index in [1.165, 1.54) is 12.1 Å². The minimum Gasteiger partial charge on any atom is -0.491 e. The molecule has 2 rings (SSSR count). The summed E-state index contributed by atoms with van der Waals surface area (Å²) < 4.78 is 48.1. The molecule has 10 heteroatoms. The molecule has 136 valence electrons. The molecule has 2 aromatic rings. The number of nitrogens with two attached hydrogens (primary N) is 1. The molecule has 1 atom stereocenters. The van der Waals surface area contributed by atoms with Gasteiger partial charge in [-0.3, -0.25) is 0 Å². The van der Waals surface area contributed by atoms with Crippen molar-refractivity contribution in [3.8, 4) is 11.8 Å². The molecule has 1 heterocycles. The summed E-state index contributed by atoms with van der Waals surface area (Å²) >= 11 is 0. The predicted molar refractivity (Wildman–Crippen MR) is 85.4 cm³/mol. The van der Waals surface area contributed by atoms with Gasteiger partial charge in [0.1, 0.15) is 12.4 Å². The molecule has 0 aliphatic carbocycles. The molecule has 0 radical (unpaired) electrons. The molecule has 3 N–H and O–H groups in total. The number of alkyl halides is 3. The molecule has 0 spiro atoms. The number of nitrogens with zero attached hydrogens (tertiary/aromatic N) is 3. The maximum Gasteiger partial charge on any atom is 0.416 e. The van der Waals surface area contributed by atoms with Crippen LogP contribution in [0.3, 0.4) is 0 Å². The molecule has 0 saturated carbocycles.